The van der Waals surface area contributed by atoms with E-state index >= 15 is 0 Å². The van der Waals surface area contributed by atoms with Crippen LogP contribution in [0.2, 0.25) is 0 Å². The fourth-order valence-electron chi connectivity index (χ4n) is 3.23. The summed E-state index contributed by atoms with van der Waals surface area (Å²) in [5.74, 6) is 5.02. The average molecular weight is 414 g/mol. The number of aliphatic hydroxyl groups is 1. The molecule has 0 bridgehead atoms. The van der Waals surface area contributed by atoms with Crippen LogP contribution >= 0.6 is 0 Å². The van der Waals surface area contributed by atoms with Gasteiger partial charge in [0.05, 0.1) is 23.6 Å². The second-order valence-corrected chi connectivity index (χ2v) is 7.16. The number of piperidine rings is 1. The van der Waals surface area contributed by atoms with E-state index in [1.807, 2.05) is 6.08 Å². The van der Waals surface area contributed by atoms with Gasteiger partial charge in [0.15, 0.2) is 0 Å². The van der Waals surface area contributed by atoms with E-state index in [-0.39, 0.29) is 30.6 Å². The Kier molecular flexibility index (Phi) is 9.03. The third-order valence-corrected chi connectivity index (χ3v) is 4.83. The van der Waals surface area contributed by atoms with E-state index in [9.17, 15) is 24.8 Å². The molecule has 0 aromatic heterocycles. The van der Waals surface area contributed by atoms with E-state index < -0.39 is 17.0 Å². The molecular formula is C22H26N2O6. The quantitative estimate of drug-likeness (QED) is 0.211. The standard InChI is InChI=1S/C22H26N2O6/c25-20(16-17-9-11-19(12-10-17)24(29)30)14-13-18-6-5-7-21(26)23(18)15-4-2-1-3-8-22(27)28/h9-14,18,20,25H,1,3,5-8,15-16H2,(H,27,28)/b14-13+/t18-,20?/m1/s1. The van der Waals surface area contributed by atoms with Gasteiger partial charge in [-0.1, -0.05) is 30.2 Å². The van der Waals surface area contributed by atoms with Gasteiger partial charge < -0.3 is 15.1 Å². The van der Waals surface area contributed by atoms with Crippen molar-refractivity contribution in [3.63, 3.8) is 0 Å². The van der Waals surface area contributed by atoms with Gasteiger partial charge in [-0.25, -0.2) is 0 Å². The number of nitro benzene ring substituents is 1. The van der Waals surface area contributed by atoms with Crippen molar-refractivity contribution in [3.05, 3.63) is 52.1 Å². The molecule has 2 rings (SSSR count). The van der Waals surface area contributed by atoms with E-state index in [1.54, 1.807) is 23.1 Å². The fraction of sp³-hybridized carbons (Fsp3) is 0.455. The van der Waals surface area contributed by atoms with Gasteiger partial charge in [-0.15, -0.1) is 5.92 Å². The minimum absolute atomic E-state index is 0.00390. The first-order valence-corrected chi connectivity index (χ1v) is 9.93. The number of rotatable bonds is 9. The highest BCUT2D eigenvalue weighted by atomic mass is 16.6. The number of nitro groups is 1. The summed E-state index contributed by atoms with van der Waals surface area (Å²) < 4.78 is 0. The number of amides is 1. The van der Waals surface area contributed by atoms with Crippen LogP contribution in [-0.2, 0) is 16.0 Å². The van der Waals surface area contributed by atoms with Crippen molar-refractivity contribution in [2.75, 3.05) is 6.54 Å². The molecule has 8 nitrogen and oxygen atoms in total. The third kappa shape index (κ3) is 7.68. The number of nitrogens with zero attached hydrogens (tertiary/aromatic N) is 2. The molecule has 1 aromatic carbocycles. The molecule has 30 heavy (non-hydrogen) atoms. The van der Waals surface area contributed by atoms with Gasteiger partial charge >= 0.3 is 5.97 Å². The Balaban J connectivity index is 1.90. The number of non-ortho nitro benzene ring substituents is 1. The zero-order valence-electron chi connectivity index (χ0n) is 16.7. The van der Waals surface area contributed by atoms with Crippen LogP contribution in [0.4, 0.5) is 5.69 Å². The number of hydrogen-bond acceptors (Lipinski definition) is 5. The summed E-state index contributed by atoms with van der Waals surface area (Å²) >= 11 is 0. The van der Waals surface area contributed by atoms with Gasteiger partial charge in [0.2, 0.25) is 5.91 Å². The predicted molar refractivity (Wildman–Crippen MR) is 111 cm³/mol. The molecule has 0 aliphatic carbocycles. The molecule has 2 atom stereocenters. The van der Waals surface area contributed by atoms with Crippen molar-refractivity contribution in [3.8, 4) is 11.8 Å². The molecule has 160 valence electrons. The minimum Gasteiger partial charge on any atom is -0.481 e. The average Bonchev–Trinajstić information content (AvgIpc) is 2.70. The number of hydrogen-bond donors (Lipinski definition) is 2. The molecule has 1 aromatic rings. The van der Waals surface area contributed by atoms with Crippen molar-refractivity contribution in [1.82, 2.24) is 4.90 Å². The van der Waals surface area contributed by atoms with Crippen molar-refractivity contribution < 1.29 is 24.7 Å². The summed E-state index contributed by atoms with van der Waals surface area (Å²) in [6, 6.07) is 5.90. The van der Waals surface area contributed by atoms with Gasteiger partial charge in [-0.05, 0) is 24.8 Å². The van der Waals surface area contributed by atoms with E-state index in [2.05, 4.69) is 11.8 Å². The summed E-state index contributed by atoms with van der Waals surface area (Å²) in [5, 5.41) is 29.6. The first-order valence-electron chi connectivity index (χ1n) is 9.93. The maximum absolute atomic E-state index is 12.3. The van der Waals surface area contributed by atoms with Crippen LogP contribution in [-0.4, -0.2) is 50.6 Å². The van der Waals surface area contributed by atoms with Gasteiger partial charge in [-0.2, -0.15) is 0 Å². The van der Waals surface area contributed by atoms with Crippen molar-refractivity contribution in [2.45, 2.75) is 57.1 Å². The van der Waals surface area contributed by atoms with E-state index in [0.717, 1.165) is 18.4 Å². The smallest absolute Gasteiger partial charge is 0.303 e. The number of carboxylic acid groups (broad SMARTS) is 1. The molecule has 1 saturated heterocycles. The van der Waals surface area contributed by atoms with Crippen molar-refractivity contribution in [1.29, 1.82) is 0 Å². The number of unbranched alkanes of at least 4 members (excludes halogenated alkanes) is 1. The number of carboxylic acids is 1. The Hall–Kier alpha value is -3.18. The van der Waals surface area contributed by atoms with Gasteiger partial charge in [0.1, 0.15) is 0 Å². The van der Waals surface area contributed by atoms with Gasteiger partial charge in [0, 0.05) is 37.8 Å². The molecule has 0 radical (unpaired) electrons. The SMILES string of the molecule is O=C(O)CCCC#CCN1C(=O)CCC[C@@H]1/C=C/C(O)Cc1ccc([N+](=O)[O-])cc1. The fourth-order valence-corrected chi connectivity index (χ4v) is 3.23. The van der Waals surface area contributed by atoms with E-state index in [1.165, 1.54) is 12.1 Å². The first-order chi connectivity index (χ1) is 14.4. The molecule has 0 saturated carbocycles. The van der Waals surface area contributed by atoms with Crippen LogP contribution in [0.1, 0.15) is 44.1 Å². The summed E-state index contributed by atoms with van der Waals surface area (Å²) in [6.45, 7) is 0.277. The molecule has 1 amide bonds. The molecule has 8 heteroatoms. The van der Waals surface area contributed by atoms with Crippen LogP contribution in [0.5, 0.6) is 0 Å². The van der Waals surface area contributed by atoms with Crippen LogP contribution in [0.15, 0.2) is 36.4 Å². The van der Waals surface area contributed by atoms with E-state index in [4.69, 9.17) is 5.11 Å². The second-order valence-electron chi connectivity index (χ2n) is 7.16. The largest absolute Gasteiger partial charge is 0.481 e. The van der Waals surface area contributed by atoms with Crippen molar-refractivity contribution in [2.24, 2.45) is 0 Å². The summed E-state index contributed by atoms with van der Waals surface area (Å²) in [5.41, 5.74) is 0.783. The number of benzene rings is 1. The minimum atomic E-state index is -0.847. The Bertz CT molecular complexity index is 837. The summed E-state index contributed by atoms with van der Waals surface area (Å²) in [6.07, 6.45) is 6.08. The zero-order chi connectivity index (χ0) is 21.9. The number of carbonyl (C=O) groups is 2. The normalized spacial score (nSPS) is 17.4. The highest BCUT2D eigenvalue weighted by Gasteiger charge is 2.25. The Labute approximate surface area is 175 Å². The highest BCUT2D eigenvalue weighted by molar-refractivity contribution is 5.78. The summed E-state index contributed by atoms with van der Waals surface area (Å²) in [7, 11) is 0. The molecule has 0 spiro atoms. The number of carbonyl (C=O) groups excluding carboxylic acids is 1. The number of likely N-dealkylation sites (tertiary alicyclic amines) is 1. The monoisotopic (exact) mass is 414 g/mol. The lowest BCUT2D eigenvalue weighted by molar-refractivity contribution is -0.384. The van der Waals surface area contributed by atoms with E-state index in [0.29, 0.717) is 25.7 Å². The summed E-state index contributed by atoms with van der Waals surface area (Å²) in [4.78, 5) is 34.7. The number of aliphatic carboxylic acids is 1. The molecule has 1 heterocycles. The Morgan fingerprint density at radius 1 is 1.33 bits per heavy atom. The molecular weight excluding hydrogens is 388 g/mol. The maximum Gasteiger partial charge on any atom is 0.303 e. The molecule has 1 fully saturated rings. The lowest BCUT2D eigenvalue weighted by Crippen LogP contribution is -2.42. The van der Waals surface area contributed by atoms with Crippen LogP contribution in [0, 0.1) is 22.0 Å². The molecule has 1 aliphatic rings. The first kappa shape index (κ1) is 23.1. The topological polar surface area (TPSA) is 121 Å². The maximum atomic E-state index is 12.3. The van der Waals surface area contributed by atoms with Crippen molar-refractivity contribution >= 4 is 17.6 Å². The molecule has 2 N–H and O–H groups in total. The zero-order valence-corrected chi connectivity index (χ0v) is 16.7. The molecule has 1 unspecified atom stereocenters. The van der Waals surface area contributed by atoms with Crippen LogP contribution in [0.3, 0.4) is 0 Å². The Morgan fingerprint density at radius 2 is 2.07 bits per heavy atom. The highest BCUT2D eigenvalue weighted by Crippen LogP contribution is 2.20. The Morgan fingerprint density at radius 3 is 2.73 bits per heavy atom. The van der Waals surface area contributed by atoms with Crippen LogP contribution in [0.25, 0.3) is 0 Å². The molecule has 1 aliphatic heterocycles. The third-order valence-electron chi connectivity index (χ3n) is 4.83. The van der Waals surface area contributed by atoms with Gasteiger partial charge in [0.25, 0.3) is 5.69 Å². The number of aliphatic hydroxyl groups excluding tert-OH is 1. The van der Waals surface area contributed by atoms with Crippen LogP contribution < -0.4 is 0 Å². The second kappa shape index (κ2) is 11.7. The lowest BCUT2D eigenvalue weighted by Gasteiger charge is -2.32. The van der Waals surface area contributed by atoms with Gasteiger partial charge in [-0.3, -0.25) is 19.7 Å². The lowest BCUT2D eigenvalue weighted by atomic mass is 9.99. The predicted octanol–water partition coefficient (Wildman–Crippen LogP) is 2.69.